The number of carbonyl (C=O) groups is 2. The number of ketones is 1. The third-order valence-electron chi connectivity index (χ3n) is 5.57. The standard InChI is InChI=1S/C23H24FN5O2/c24-16-9-11-18(12-10-16)29-23(25)19(15-27-29)22(31)20-7-4-14-28(20)21(30)8-3-6-17-5-1-2-13-26-17/h1-2,5,9-13,15,20H,3-4,6-8,14,25H2. The lowest BCUT2D eigenvalue weighted by Gasteiger charge is -2.23. The van der Waals surface area contributed by atoms with Gasteiger partial charge in [-0.25, -0.2) is 9.07 Å². The van der Waals surface area contributed by atoms with Gasteiger partial charge in [0.15, 0.2) is 5.78 Å². The lowest BCUT2D eigenvalue weighted by Crippen LogP contribution is -2.40. The first-order chi connectivity index (χ1) is 15.0. The molecule has 1 aliphatic heterocycles. The second-order valence-corrected chi connectivity index (χ2v) is 7.62. The molecule has 3 heterocycles. The van der Waals surface area contributed by atoms with Crippen LogP contribution in [0.4, 0.5) is 10.2 Å². The lowest BCUT2D eigenvalue weighted by atomic mass is 10.0. The summed E-state index contributed by atoms with van der Waals surface area (Å²) in [7, 11) is 0. The molecule has 4 rings (SSSR count). The predicted molar refractivity (Wildman–Crippen MR) is 114 cm³/mol. The normalized spacial score (nSPS) is 15.9. The molecule has 1 atom stereocenters. The number of benzene rings is 1. The minimum absolute atomic E-state index is 0.0312. The van der Waals surface area contributed by atoms with Crippen LogP contribution in [0.25, 0.3) is 5.69 Å². The third-order valence-corrected chi connectivity index (χ3v) is 5.57. The van der Waals surface area contributed by atoms with Gasteiger partial charge in [-0.05, 0) is 62.1 Å². The molecule has 0 radical (unpaired) electrons. The van der Waals surface area contributed by atoms with Gasteiger partial charge >= 0.3 is 0 Å². The molecule has 0 aliphatic carbocycles. The minimum Gasteiger partial charge on any atom is -0.383 e. The number of pyridine rings is 1. The van der Waals surface area contributed by atoms with Crippen LogP contribution in [0.3, 0.4) is 0 Å². The van der Waals surface area contributed by atoms with Gasteiger partial charge in [0.2, 0.25) is 5.91 Å². The summed E-state index contributed by atoms with van der Waals surface area (Å²) in [6, 6.07) is 10.9. The minimum atomic E-state index is -0.532. The van der Waals surface area contributed by atoms with Crippen LogP contribution in [0.5, 0.6) is 0 Å². The van der Waals surface area contributed by atoms with Crippen molar-refractivity contribution in [1.29, 1.82) is 0 Å². The monoisotopic (exact) mass is 421 g/mol. The SMILES string of the molecule is Nc1c(C(=O)C2CCCN2C(=O)CCCc2ccccn2)cnn1-c1ccc(F)cc1. The van der Waals surface area contributed by atoms with Crippen molar-refractivity contribution in [3.8, 4) is 5.69 Å². The van der Waals surface area contributed by atoms with Crippen LogP contribution in [0.15, 0.2) is 54.9 Å². The van der Waals surface area contributed by atoms with E-state index in [1.54, 1.807) is 23.2 Å². The fourth-order valence-electron chi connectivity index (χ4n) is 3.96. The zero-order chi connectivity index (χ0) is 21.8. The maximum atomic E-state index is 13.2. The second kappa shape index (κ2) is 9.07. The van der Waals surface area contributed by atoms with Crippen molar-refractivity contribution in [2.24, 2.45) is 0 Å². The van der Waals surface area contributed by atoms with Crippen molar-refractivity contribution in [2.75, 3.05) is 12.3 Å². The van der Waals surface area contributed by atoms with Crippen LogP contribution >= 0.6 is 0 Å². The van der Waals surface area contributed by atoms with Gasteiger partial charge in [-0.15, -0.1) is 0 Å². The maximum absolute atomic E-state index is 13.2. The first-order valence-electron chi connectivity index (χ1n) is 10.4. The molecule has 1 aliphatic rings. The van der Waals surface area contributed by atoms with Crippen LogP contribution in [0, 0.1) is 5.82 Å². The molecule has 8 heteroatoms. The summed E-state index contributed by atoms with van der Waals surface area (Å²) < 4.78 is 14.6. The van der Waals surface area contributed by atoms with E-state index in [4.69, 9.17) is 5.73 Å². The summed E-state index contributed by atoms with van der Waals surface area (Å²) in [5.74, 6) is -0.419. The average molecular weight is 421 g/mol. The van der Waals surface area contributed by atoms with Crippen molar-refractivity contribution in [3.05, 3.63) is 71.9 Å². The van der Waals surface area contributed by atoms with Crippen molar-refractivity contribution >= 4 is 17.5 Å². The molecule has 1 amide bonds. The fraction of sp³-hybridized carbons (Fsp3) is 0.304. The van der Waals surface area contributed by atoms with Crippen molar-refractivity contribution in [3.63, 3.8) is 0 Å². The topological polar surface area (TPSA) is 94.1 Å². The zero-order valence-electron chi connectivity index (χ0n) is 17.1. The molecular weight excluding hydrogens is 397 g/mol. The van der Waals surface area contributed by atoms with Crippen LogP contribution in [0.2, 0.25) is 0 Å². The highest BCUT2D eigenvalue weighted by molar-refractivity contribution is 6.05. The Morgan fingerprint density at radius 1 is 1.16 bits per heavy atom. The summed E-state index contributed by atoms with van der Waals surface area (Å²) in [6.45, 7) is 0.560. The number of aryl methyl sites for hydroxylation is 1. The molecule has 160 valence electrons. The molecule has 1 unspecified atom stereocenters. The van der Waals surface area contributed by atoms with Crippen molar-refractivity contribution in [2.45, 2.75) is 38.1 Å². The quantitative estimate of drug-likeness (QED) is 0.592. The predicted octanol–water partition coefficient (Wildman–Crippen LogP) is 3.19. The fourth-order valence-corrected chi connectivity index (χ4v) is 3.96. The van der Waals surface area contributed by atoms with E-state index in [0.29, 0.717) is 31.5 Å². The highest BCUT2D eigenvalue weighted by atomic mass is 19.1. The molecule has 1 aromatic carbocycles. The van der Waals surface area contributed by atoms with E-state index in [2.05, 4.69) is 10.1 Å². The van der Waals surface area contributed by atoms with E-state index >= 15 is 0 Å². The first kappa shape index (κ1) is 20.7. The number of halogens is 1. The Bertz CT molecular complexity index is 1070. The number of Topliss-reactive ketones (excluding diaryl/α,β-unsaturated/α-hetero) is 1. The summed E-state index contributed by atoms with van der Waals surface area (Å²) in [5.41, 5.74) is 7.97. The highest BCUT2D eigenvalue weighted by Crippen LogP contribution is 2.26. The zero-order valence-corrected chi connectivity index (χ0v) is 17.1. The Hall–Kier alpha value is -3.55. The maximum Gasteiger partial charge on any atom is 0.223 e. The highest BCUT2D eigenvalue weighted by Gasteiger charge is 2.35. The first-order valence-corrected chi connectivity index (χ1v) is 10.4. The number of nitrogens with two attached hydrogens (primary N) is 1. The molecule has 0 bridgehead atoms. The van der Waals surface area contributed by atoms with E-state index in [1.807, 2.05) is 18.2 Å². The van der Waals surface area contributed by atoms with Gasteiger partial charge in [0.05, 0.1) is 23.5 Å². The number of anilines is 1. The van der Waals surface area contributed by atoms with Gasteiger partial charge in [0.1, 0.15) is 11.6 Å². The lowest BCUT2D eigenvalue weighted by molar-refractivity contribution is -0.131. The van der Waals surface area contributed by atoms with E-state index in [1.165, 1.54) is 23.0 Å². The Kier molecular flexibility index (Phi) is 6.06. The molecular formula is C23H24FN5O2. The number of hydrogen-bond acceptors (Lipinski definition) is 5. The molecule has 0 saturated carbocycles. The van der Waals surface area contributed by atoms with Crippen LogP contribution in [-0.4, -0.2) is 43.9 Å². The van der Waals surface area contributed by atoms with Gasteiger partial charge < -0.3 is 10.6 Å². The number of rotatable bonds is 7. The van der Waals surface area contributed by atoms with E-state index < -0.39 is 6.04 Å². The number of amides is 1. The summed E-state index contributed by atoms with van der Waals surface area (Å²) >= 11 is 0. The van der Waals surface area contributed by atoms with Crippen LogP contribution in [0.1, 0.15) is 41.7 Å². The molecule has 0 spiro atoms. The molecule has 1 saturated heterocycles. The van der Waals surface area contributed by atoms with Crippen molar-refractivity contribution in [1.82, 2.24) is 19.7 Å². The Labute approximate surface area is 179 Å². The molecule has 2 aromatic heterocycles. The third kappa shape index (κ3) is 4.47. The van der Waals surface area contributed by atoms with Gasteiger partial charge in [0, 0.05) is 24.9 Å². The van der Waals surface area contributed by atoms with Gasteiger partial charge in [-0.3, -0.25) is 14.6 Å². The number of carbonyl (C=O) groups excluding carboxylic acids is 2. The molecule has 31 heavy (non-hydrogen) atoms. The Balaban J connectivity index is 1.43. The number of nitrogens with zero attached hydrogens (tertiary/aromatic N) is 4. The molecule has 1 fully saturated rings. The number of aromatic nitrogens is 3. The van der Waals surface area contributed by atoms with E-state index in [-0.39, 0.29) is 28.9 Å². The second-order valence-electron chi connectivity index (χ2n) is 7.62. The van der Waals surface area contributed by atoms with E-state index in [9.17, 15) is 14.0 Å². The average Bonchev–Trinajstić information content (AvgIpc) is 3.42. The number of likely N-dealkylation sites (tertiary alicyclic amines) is 1. The van der Waals surface area contributed by atoms with Crippen molar-refractivity contribution < 1.29 is 14.0 Å². The summed E-state index contributed by atoms with van der Waals surface area (Å²) in [4.78, 5) is 31.9. The molecule has 2 N–H and O–H groups in total. The van der Waals surface area contributed by atoms with Gasteiger partial charge in [-0.2, -0.15) is 5.10 Å². The van der Waals surface area contributed by atoms with E-state index in [0.717, 1.165) is 18.5 Å². The Morgan fingerprint density at radius 3 is 2.71 bits per heavy atom. The largest absolute Gasteiger partial charge is 0.383 e. The molecule has 3 aromatic rings. The smallest absolute Gasteiger partial charge is 0.223 e. The van der Waals surface area contributed by atoms with Gasteiger partial charge in [-0.1, -0.05) is 6.07 Å². The summed E-state index contributed by atoms with van der Waals surface area (Å²) in [6.07, 6.45) is 6.30. The Morgan fingerprint density at radius 2 is 1.97 bits per heavy atom. The summed E-state index contributed by atoms with van der Waals surface area (Å²) in [5, 5.41) is 4.20. The van der Waals surface area contributed by atoms with Gasteiger partial charge in [0.25, 0.3) is 0 Å². The molecule has 7 nitrogen and oxygen atoms in total. The number of hydrogen-bond donors (Lipinski definition) is 1. The van der Waals surface area contributed by atoms with Crippen LogP contribution in [-0.2, 0) is 11.2 Å². The number of nitrogen functional groups attached to an aromatic ring is 1. The van der Waals surface area contributed by atoms with Crippen LogP contribution < -0.4 is 5.73 Å².